The van der Waals surface area contributed by atoms with Crippen molar-refractivity contribution in [1.29, 1.82) is 0 Å². The zero-order chi connectivity index (χ0) is 36.2. The van der Waals surface area contributed by atoms with Gasteiger partial charge >= 0.3 is 0 Å². The van der Waals surface area contributed by atoms with Gasteiger partial charge in [0.1, 0.15) is 5.75 Å². The molecule has 8 aliphatic carbocycles. The number of nitrogens with two attached hydrogens (primary N) is 3. The van der Waals surface area contributed by atoms with Crippen LogP contribution in [0.1, 0.15) is 88.2 Å². The van der Waals surface area contributed by atoms with Crippen LogP contribution < -0.4 is 31.4 Å². The minimum atomic E-state index is -0.212. The number of hydrogen-bond donors (Lipinski definition) is 3. The number of hydrogen-bond acceptors (Lipinski definition) is 6. The highest BCUT2D eigenvalue weighted by atomic mass is 35.5. The van der Waals surface area contributed by atoms with Crippen molar-refractivity contribution < 1.29 is 14.2 Å². The Balaban J connectivity index is 1.29. The van der Waals surface area contributed by atoms with Crippen LogP contribution in [0.2, 0.25) is 15.1 Å². The maximum absolute atomic E-state index is 7.36. The van der Waals surface area contributed by atoms with E-state index in [1.54, 1.807) is 36.4 Å². The lowest BCUT2D eigenvalue weighted by atomic mass is 9.46. The van der Waals surface area contributed by atoms with Gasteiger partial charge in [-0.1, -0.05) is 34.8 Å². The zero-order valence-electron chi connectivity index (χ0n) is 29.8. The summed E-state index contributed by atoms with van der Waals surface area (Å²) in [5.41, 5.74) is 23.4. The fourth-order valence-electron chi connectivity index (χ4n) is 12.8. The van der Waals surface area contributed by atoms with Crippen molar-refractivity contribution in [2.75, 3.05) is 17.2 Å². The van der Waals surface area contributed by atoms with Crippen molar-refractivity contribution in [2.45, 2.75) is 87.9 Å². The van der Waals surface area contributed by atoms with E-state index in [1.165, 1.54) is 44.1 Å². The SMILES string of the molecule is Nc1ccc(Cl)cc1Oc1cc(C23CC4CC(CC(C4)C2)C3)c(Oc2cc(Cl)ccc2N)c(C23CC4CC(CC(C4)C2)C3)c1Oc1cc(Cl)ccc1N. The monoisotopic (exact) mass is 769 g/mol. The van der Waals surface area contributed by atoms with E-state index < -0.39 is 0 Å². The molecule has 6 N–H and O–H groups in total. The minimum absolute atomic E-state index is 0.0833. The van der Waals surface area contributed by atoms with Gasteiger partial charge in [-0.25, -0.2) is 0 Å². The summed E-state index contributed by atoms with van der Waals surface area (Å²) in [4.78, 5) is 0. The fraction of sp³-hybridized carbons (Fsp3) is 0.455. The Morgan fingerprint density at radius 3 is 1.21 bits per heavy atom. The van der Waals surface area contributed by atoms with Gasteiger partial charge in [-0.3, -0.25) is 0 Å². The van der Waals surface area contributed by atoms with Crippen LogP contribution in [-0.2, 0) is 10.8 Å². The van der Waals surface area contributed by atoms with Gasteiger partial charge in [-0.05, 0) is 160 Å². The zero-order valence-corrected chi connectivity index (χ0v) is 32.1. The molecule has 8 saturated carbocycles. The van der Waals surface area contributed by atoms with Crippen molar-refractivity contribution in [3.05, 3.63) is 86.9 Å². The fourth-order valence-corrected chi connectivity index (χ4v) is 13.3. The highest BCUT2D eigenvalue weighted by Gasteiger charge is 2.57. The van der Waals surface area contributed by atoms with Crippen molar-refractivity contribution in [3.8, 4) is 34.5 Å². The summed E-state index contributed by atoms with van der Waals surface area (Å²) >= 11 is 19.8. The van der Waals surface area contributed by atoms with Gasteiger partial charge < -0.3 is 31.4 Å². The van der Waals surface area contributed by atoms with Gasteiger partial charge in [-0.15, -0.1) is 0 Å². The molecule has 8 fully saturated rings. The second kappa shape index (κ2) is 12.5. The van der Waals surface area contributed by atoms with E-state index >= 15 is 0 Å². The molecular weight excluding hydrogens is 725 g/mol. The molecule has 6 nitrogen and oxygen atoms in total. The van der Waals surface area contributed by atoms with Gasteiger partial charge in [-0.2, -0.15) is 0 Å². The maximum Gasteiger partial charge on any atom is 0.177 e. The van der Waals surface area contributed by atoms with Crippen LogP contribution in [-0.4, -0.2) is 0 Å². The van der Waals surface area contributed by atoms with Crippen LogP contribution >= 0.6 is 34.8 Å². The van der Waals surface area contributed by atoms with Crippen LogP contribution in [0.5, 0.6) is 34.5 Å². The minimum Gasteiger partial charge on any atom is -0.454 e. The molecule has 0 aliphatic heterocycles. The summed E-state index contributed by atoms with van der Waals surface area (Å²) in [6, 6.07) is 18.4. The van der Waals surface area contributed by atoms with Crippen LogP contribution in [0.25, 0.3) is 0 Å². The molecular formula is C44H46Cl3N3O3. The molecule has 0 radical (unpaired) electrons. The van der Waals surface area contributed by atoms with E-state index in [0.717, 1.165) is 49.8 Å². The van der Waals surface area contributed by atoms with Crippen LogP contribution in [0.15, 0.2) is 60.7 Å². The molecule has 53 heavy (non-hydrogen) atoms. The molecule has 276 valence electrons. The lowest BCUT2D eigenvalue weighted by molar-refractivity contribution is -0.0107. The Kier molecular flexibility index (Phi) is 8.06. The second-order valence-electron chi connectivity index (χ2n) is 17.7. The number of nitrogen functional groups attached to an aromatic ring is 3. The first kappa shape index (κ1) is 34.1. The molecule has 8 aliphatic rings. The predicted molar refractivity (Wildman–Crippen MR) is 214 cm³/mol. The van der Waals surface area contributed by atoms with E-state index in [1.807, 2.05) is 18.2 Å². The summed E-state index contributed by atoms with van der Waals surface area (Å²) in [7, 11) is 0. The van der Waals surface area contributed by atoms with Gasteiger partial charge in [0.05, 0.1) is 17.1 Å². The summed E-state index contributed by atoms with van der Waals surface area (Å²) in [6.45, 7) is 0. The first-order valence-electron chi connectivity index (χ1n) is 19.4. The van der Waals surface area contributed by atoms with Gasteiger partial charge in [0.15, 0.2) is 28.7 Å². The number of rotatable bonds is 8. The van der Waals surface area contributed by atoms with Gasteiger partial charge in [0, 0.05) is 49.8 Å². The van der Waals surface area contributed by atoms with Crippen molar-refractivity contribution in [3.63, 3.8) is 0 Å². The summed E-state index contributed by atoms with van der Waals surface area (Å²) in [6.07, 6.45) is 14.4. The molecule has 8 bridgehead atoms. The molecule has 0 saturated heterocycles. The first-order chi connectivity index (χ1) is 25.5. The van der Waals surface area contributed by atoms with E-state index in [2.05, 4.69) is 6.07 Å². The highest BCUT2D eigenvalue weighted by Crippen LogP contribution is 2.69. The van der Waals surface area contributed by atoms with E-state index in [9.17, 15) is 0 Å². The predicted octanol–water partition coefficient (Wildman–Crippen LogP) is 12.7. The van der Waals surface area contributed by atoms with Gasteiger partial charge in [0.2, 0.25) is 0 Å². The maximum atomic E-state index is 7.36. The topological polar surface area (TPSA) is 106 Å². The standard InChI is InChI=1S/C44H46Cl3N3O3/c45-29-1-4-33(48)36(13-29)51-39-16-32(43-17-23-7-24(18-43)9-25(8-23)19-43)41(52-37-14-30(46)2-5-34(37)49)40(42(39)53-38-15-31(47)3-6-35(38)50)44-20-26-10-27(21-44)12-28(11-26)22-44/h1-6,13-16,23-28H,7-12,17-22,48-50H2. The number of ether oxygens (including phenoxy) is 3. The number of benzene rings is 4. The van der Waals surface area contributed by atoms with Crippen molar-refractivity contribution in [1.82, 2.24) is 0 Å². The largest absolute Gasteiger partial charge is 0.454 e. The van der Waals surface area contributed by atoms with Crippen LogP contribution in [0.3, 0.4) is 0 Å². The summed E-state index contributed by atoms with van der Waals surface area (Å²) in [5.74, 6) is 7.54. The van der Waals surface area contributed by atoms with Crippen molar-refractivity contribution in [2.24, 2.45) is 35.5 Å². The lowest BCUT2D eigenvalue weighted by Crippen LogP contribution is -2.50. The molecule has 4 aromatic carbocycles. The molecule has 0 spiro atoms. The van der Waals surface area contributed by atoms with E-state index in [-0.39, 0.29) is 10.8 Å². The third-order valence-corrected chi connectivity index (χ3v) is 14.7. The third kappa shape index (κ3) is 5.90. The molecule has 12 rings (SSSR count). The van der Waals surface area contributed by atoms with Gasteiger partial charge in [0.25, 0.3) is 0 Å². The third-order valence-electron chi connectivity index (χ3n) is 13.9. The number of anilines is 3. The quantitative estimate of drug-likeness (QED) is 0.154. The molecule has 0 unspecified atom stereocenters. The normalized spacial score (nSPS) is 31.9. The first-order valence-corrected chi connectivity index (χ1v) is 20.6. The Bertz CT molecular complexity index is 2060. The molecule has 0 atom stereocenters. The molecule has 0 amide bonds. The average molecular weight is 771 g/mol. The smallest absolute Gasteiger partial charge is 0.177 e. The van der Waals surface area contributed by atoms with E-state index in [4.69, 9.17) is 66.2 Å². The Morgan fingerprint density at radius 1 is 0.434 bits per heavy atom. The highest BCUT2D eigenvalue weighted by molar-refractivity contribution is 6.31. The van der Waals surface area contributed by atoms with E-state index in [0.29, 0.717) is 96.4 Å². The molecule has 0 aromatic heterocycles. The average Bonchev–Trinajstić information content (AvgIpc) is 3.09. The summed E-state index contributed by atoms with van der Waals surface area (Å²) in [5, 5.41) is 1.64. The van der Waals surface area contributed by atoms with Crippen molar-refractivity contribution >= 4 is 51.9 Å². The molecule has 9 heteroatoms. The molecule has 4 aromatic rings. The molecule has 0 heterocycles. The number of halogens is 3. The Hall–Kier alpha value is -3.45. The Morgan fingerprint density at radius 2 is 0.792 bits per heavy atom. The lowest BCUT2D eigenvalue weighted by Gasteiger charge is -2.59. The second-order valence-corrected chi connectivity index (χ2v) is 19.0. The Labute approximate surface area is 326 Å². The van der Waals surface area contributed by atoms with Crippen LogP contribution in [0.4, 0.5) is 17.1 Å². The van der Waals surface area contributed by atoms with Crippen LogP contribution in [0, 0.1) is 35.5 Å². The summed E-state index contributed by atoms with van der Waals surface area (Å²) < 4.78 is 21.5.